The molecule has 2 nitrogen and oxygen atoms in total. The lowest BCUT2D eigenvalue weighted by molar-refractivity contribution is 0.377. The van der Waals surface area contributed by atoms with Crippen molar-refractivity contribution >= 4 is 0 Å². The molecule has 1 fully saturated rings. The topological polar surface area (TPSA) is 49.8 Å². The van der Waals surface area contributed by atoms with Gasteiger partial charge in [0, 0.05) is 12.1 Å². The van der Waals surface area contributed by atoms with Gasteiger partial charge in [-0.15, -0.1) is 0 Å². The SMILES string of the molecule is [NH][C@@H]1CCCC[C@@H]1N. The van der Waals surface area contributed by atoms with E-state index in [-0.39, 0.29) is 12.1 Å². The van der Waals surface area contributed by atoms with Crippen LogP contribution in [0, 0.1) is 0 Å². The van der Waals surface area contributed by atoms with Gasteiger partial charge in [0.2, 0.25) is 0 Å². The molecule has 0 aromatic heterocycles. The molecule has 1 aliphatic rings. The molecule has 1 aliphatic carbocycles. The van der Waals surface area contributed by atoms with E-state index in [1.807, 2.05) is 0 Å². The molecule has 0 saturated heterocycles. The lowest BCUT2D eigenvalue weighted by atomic mass is 9.92. The third-order valence-electron chi connectivity index (χ3n) is 1.82. The Balaban J connectivity index is 2.28. The van der Waals surface area contributed by atoms with Crippen molar-refractivity contribution in [3.05, 3.63) is 0 Å². The number of nitrogens with two attached hydrogens (primary N) is 1. The van der Waals surface area contributed by atoms with E-state index in [0.717, 1.165) is 12.8 Å². The van der Waals surface area contributed by atoms with Gasteiger partial charge in [-0.25, -0.2) is 0 Å². The summed E-state index contributed by atoms with van der Waals surface area (Å²) in [5.74, 6) is 0. The molecule has 2 atom stereocenters. The van der Waals surface area contributed by atoms with Gasteiger partial charge in [0.1, 0.15) is 0 Å². The zero-order valence-corrected chi connectivity index (χ0v) is 5.06. The summed E-state index contributed by atoms with van der Waals surface area (Å²) in [6.07, 6.45) is 4.52. The average molecular weight is 113 g/mol. The van der Waals surface area contributed by atoms with Crippen LogP contribution in [-0.2, 0) is 0 Å². The molecule has 0 aliphatic heterocycles. The Bertz CT molecular complexity index is 62.9. The fourth-order valence-corrected chi connectivity index (χ4v) is 1.16. The maximum atomic E-state index is 7.35. The van der Waals surface area contributed by atoms with Crippen molar-refractivity contribution in [2.24, 2.45) is 5.73 Å². The summed E-state index contributed by atoms with van der Waals surface area (Å²) >= 11 is 0. The first-order chi connectivity index (χ1) is 3.80. The van der Waals surface area contributed by atoms with Crippen LogP contribution in [0.5, 0.6) is 0 Å². The quantitative estimate of drug-likeness (QED) is 0.489. The fourth-order valence-electron chi connectivity index (χ4n) is 1.16. The molecule has 3 N–H and O–H groups in total. The predicted octanol–water partition coefficient (Wildman–Crippen LogP) is 0.539. The van der Waals surface area contributed by atoms with Gasteiger partial charge in [0.15, 0.2) is 0 Å². The van der Waals surface area contributed by atoms with Crippen molar-refractivity contribution in [2.45, 2.75) is 37.8 Å². The zero-order chi connectivity index (χ0) is 5.98. The van der Waals surface area contributed by atoms with E-state index < -0.39 is 0 Å². The Morgan fingerprint density at radius 3 is 2.25 bits per heavy atom. The summed E-state index contributed by atoms with van der Waals surface area (Å²) in [7, 11) is 0. The van der Waals surface area contributed by atoms with E-state index in [9.17, 15) is 0 Å². The molecule has 0 unspecified atom stereocenters. The molecule has 2 heteroatoms. The summed E-state index contributed by atoms with van der Waals surface area (Å²) < 4.78 is 0. The Kier molecular flexibility index (Phi) is 1.86. The van der Waals surface area contributed by atoms with E-state index >= 15 is 0 Å². The number of hydrogen-bond donors (Lipinski definition) is 1. The third-order valence-corrected chi connectivity index (χ3v) is 1.82. The molecule has 0 bridgehead atoms. The van der Waals surface area contributed by atoms with Gasteiger partial charge in [-0.05, 0) is 12.8 Å². The van der Waals surface area contributed by atoms with Crippen molar-refractivity contribution in [1.29, 1.82) is 0 Å². The van der Waals surface area contributed by atoms with E-state index in [2.05, 4.69) is 0 Å². The van der Waals surface area contributed by atoms with Crippen LogP contribution in [0.4, 0.5) is 0 Å². The van der Waals surface area contributed by atoms with Gasteiger partial charge in [0.25, 0.3) is 0 Å². The molecular formula is C6H13N2. The van der Waals surface area contributed by atoms with Crippen LogP contribution in [-0.4, -0.2) is 12.1 Å². The summed E-state index contributed by atoms with van der Waals surface area (Å²) in [6.45, 7) is 0. The second kappa shape index (κ2) is 2.46. The molecule has 47 valence electrons. The van der Waals surface area contributed by atoms with Crippen LogP contribution >= 0.6 is 0 Å². The lowest BCUT2D eigenvalue weighted by Gasteiger charge is -2.23. The van der Waals surface area contributed by atoms with Crippen LogP contribution in [0.2, 0.25) is 0 Å². The van der Waals surface area contributed by atoms with Crippen molar-refractivity contribution in [2.75, 3.05) is 0 Å². The first-order valence-electron chi connectivity index (χ1n) is 3.27. The Hall–Kier alpha value is -0.0800. The smallest absolute Gasteiger partial charge is 0.0364 e. The number of hydrogen-bond acceptors (Lipinski definition) is 1. The van der Waals surface area contributed by atoms with E-state index in [1.54, 1.807) is 0 Å². The van der Waals surface area contributed by atoms with E-state index in [4.69, 9.17) is 11.5 Å². The maximum Gasteiger partial charge on any atom is 0.0364 e. The Morgan fingerprint density at radius 2 is 1.88 bits per heavy atom. The molecule has 8 heavy (non-hydrogen) atoms. The number of nitrogens with one attached hydrogen (secondary N) is 1. The number of rotatable bonds is 0. The third kappa shape index (κ3) is 1.20. The zero-order valence-electron chi connectivity index (χ0n) is 5.06. The molecule has 0 spiro atoms. The summed E-state index contributed by atoms with van der Waals surface area (Å²) in [5.41, 5.74) is 12.9. The summed E-state index contributed by atoms with van der Waals surface area (Å²) in [4.78, 5) is 0. The highest BCUT2D eigenvalue weighted by Crippen LogP contribution is 2.15. The van der Waals surface area contributed by atoms with Crippen molar-refractivity contribution in [3.8, 4) is 0 Å². The van der Waals surface area contributed by atoms with E-state index in [1.165, 1.54) is 12.8 Å². The molecule has 1 rings (SSSR count). The first kappa shape index (κ1) is 6.05. The monoisotopic (exact) mass is 113 g/mol. The van der Waals surface area contributed by atoms with Crippen molar-refractivity contribution in [1.82, 2.24) is 5.73 Å². The van der Waals surface area contributed by atoms with Crippen LogP contribution in [0.15, 0.2) is 0 Å². The van der Waals surface area contributed by atoms with Crippen LogP contribution in [0.25, 0.3) is 0 Å². The van der Waals surface area contributed by atoms with Crippen LogP contribution in [0.1, 0.15) is 25.7 Å². The molecule has 0 amide bonds. The molecular weight excluding hydrogens is 100 g/mol. The Labute approximate surface area is 50.2 Å². The Morgan fingerprint density at radius 1 is 1.25 bits per heavy atom. The molecule has 0 aromatic carbocycles. The predicted molar refractivity (Wildman–Crippen MR) is 33.3 cm³/mol. The molecule has 1 radical (unpaired) electrons. The van der Waals surface area contributed by atoms with E-state index in [0.29, 0.717) is 0 Å². The second-order valence-electron chi connectivity index (χ2n) is 2.55. The lowest BCUT2D eigenvalue weighted by Crippen LogP contribution is -2.38. The van der Waals surface area contributed by atoms with Crippen molar-refractivity contribution in [3.63, 3.8) is 0 Å². The van der Waals surface area contributed by atoms with Gasteiger partial charge in [-0.3, -0.25) is 5.73 Å². The highest BCUT2D eigenvalue weighted by molar-refractivity contribution is 4.79. The minimum absolute atomic E-state index is 0.0312. The average Bonchev–Trinajstić information content (AvgIpc) is 1.77. The van der Waals surface area contributed by atoms with Gasteiger partial charge < -0.3 is 5.73 Å². The van der Waals surface area contributed by atoms with Crippen molar-refractivity contribution < 1.29 is 0 Å². The van der Waals surface area contributed by atoms with Crippen LogP contribution in [0.3, 0.4) is 0 Å². The molecule has 0 heterocycles. The largest absolute Gasteiger partial charge is 0.326 e. The van der Waals surface area contributed by atoms with Crippen LogP contribution < -0.4 is 11.5 Å². The van der Waals surface area contributed by atoms with Gasteiger partial charge in [0.05, 0.1) is 0 Å². The summed E-state index contributed by atoms with van der Waals surface area (Å²) in [5, 5.41) is 0. The highest BCUT2D eigenvalue weighted by atomic mass is 14.8. The normalized spacial score (nSPS) is 39.8. The minimum atomic E-state index is 0.0312. The maximum absolute atomic E-state index is 7.35. The fraction of sp³-hybridized carbons (Fsp3) is 1.00. The second-order valence-corrected chi connectivity index (χ2v) is 2.55. The first-order valence-corrected chi connectivity index (χ1v) is 3.27. The standard InChI is InChI=1S/C6H13N2/c7-5-3-1-2-4-6(5)8/h5-7H,1-4,8H2/t5-,6+/m1/s1. The highest BCUT2D eigenvalue weighted by Gasteiger charge is 2.17. The molecule has 1 saturated carbocycles. The minimum Gasteiger partial charge on any atom is -0.326 e. The molecule has 0 aromatic rings. The van der Waals surface area contributed by atoms with Gasteiger partial charge in [-0.1, -0.05) is 12.8 Å². The van der Waals surface area contributed by atoms with Gasteiger partial charge >= 0.3 is 0 Å². The summed E-state index contributed by atoms with van der Waals surface area (Å²) in [6, 6.07) is 0.201. The van der Waals surface area contributed by atoms with Gasteiger partial charge in [-0.2, -0.15) is 0 Å².